The van der Waals surface area contributed by atoms with E-state index in [0.29, 0.717) is 11.1 Å². The fourth-order valence-corrected chi connectivity index (χ4v) is 1.03. The highest BCUT2D eigenvalue weighted by Crippen LogP contribution is 2.10. The molecule has 0 spiro atoms. The third-order valence-corrected chi connectivity index (χ3v) is 1.73. The first-order valence-electron chi connectivity index (χ1n) is 3.89. The maximum Gasteiger partial charge on any atom is 0.335 e. The molecule has 0 fully saturated rings. The molecule has 0 heterocycles. The highest BCUT2D eigenvalue weighted by atomic mass is 16.4. The molecule has 14 heavy (non-hydrogen) atoms. The van der Waals surface area contributed by atoms with Crippen molar-refractivity contribution in [3.8, 4) is 17.9 Å². The molecule has 0 aliphatic heterocycles. The van der Waals surface area contributed by atoms with Crippen LogP contribution >= 0.6 is 0 Å². The molecule has 1 aromatic carbocycles. The SMILES string of the molecule is Cc1ccc(C#CC#N)cc1C(=O)O. The van der Waals surface area contributed by atoms with Gasteiger partial charge in [0.15, 0.2) is 6.07 Å². The Bertz CT molecular complexity index is 472. The first-order chi connectivity index (χ1) is 6.65. The predicted octanol–water partition coefficient (Wildman–Crippen LogP) is 1.57. The summed E-state index contributed by atoms with van der Waals surface area (Å²) in [6, 6.07) is 6.49. The van der Waals surface area contributed by atoms with E-state index in [9.17, 15) is 4.79 Å². The molecule has 3 nitrogen and oxygen atoms in total. The summed E-state index contributed by atoms with van der Waals surface area (Å²) in [5.74, 6) is 3.77. The van der Waals surface area contributed by atoms with E-state index in [0.717, 1.165) is 0 Å². The summed E-state index contributed by atoms with van der Waals surface area (Å²) in [7, 11) is 0. The Morgan fingerprint density at radius 2 is 2.21 bits per heavy atom. The normalized spacial score (nSPS) is 8.29. The Balaban J connectivity index is 3.21. The van der Waals surface area contributed by atoms with Gasteiger partial charge in [-0.15, -0.1) is 0 Å². The summed E-state index contributed by atoms with van der Waals surface area (Å²) in [5.41, 5.74) is 1.43. The molecular weight excluding hydrogens is 178 g/mol. The van der Waals surface area contributed by atoms with Crippen LogP contribution in [0, 0.1) is 30.1 Å². The van der Waals surface area contributed by atoms with Crippen LogP contribution in [0.1, 0.15) is 21.5 Å². The molecule has 0 bridgehead atoms. The van der Waals surface area contributed by atoms with Gasteiger partial charge in [-0.05, 0) is 24.6 Å². The summed E-state index contributed by atoms with van der Waals surface area (Å²) in [6.45, 7) is 1.71. The van der Waals surface area contributed by atoms with Crippen molar-refractivity contribution in [3.63, 3.8) is 0 Å². The van der Waals surface area contributed by atoms with Crippen molar-refractivity contribution >= 4 is 5.97 Å². The molecule has 3 heteroatoms. The second kappa shape index (κ2) is 4.11. The average Bonchev–Trinajstić information content (AvgIpc) is 2.16. The Hall–Kier alpha value is -2.26. The molecule has 1 N–H and O–H groups in total. The lowest BCUT2D eigenvalue weighted by Gasteiger charge is -1.99. The van der Waals surface area contributed by atoms with Gasteiger partial charge in [0.05, 0.1) is 5.56 Å². The van der Waals surface area contributed by atoms with E-state index in [4.69, 9.17) is 10.4 Å². The number of hydrogen-bond donors (Lipinski definition) is 1. The van der Waals surface area contributed by atoms with Gasteiger partial charge in [0, 0.05) is 11.5 Å². The second-order valence-electron chi connectivity index (χ2n) is 2.70. The van der Waals surface area contributed by atoms with Gasteiger partial charge in [0.2, 0.25) is 0 Å². The highest BCUT2D eigenvalue weighted by molar-refractivity contribution is 5.89. The van der Waals surface area contributed by atoms with Crippen LogP contribution in [0.3, 0.4) is 0 Å². The van der Waals surface area contributed by atoms with Crippen LogP contribution in [0.2, 0.25) is 0 Å². The van der Waals surface area contributed by atoms with Gasteiger partial charge in [-0.25, -0.2) is 4.79 Å². The van der Waals surface area contributed by atoms with Crippen LogP contribution in [0.5, 0.6) is 0 Å². The van der Waals surface area contributed by atoms with Crippen LogP contribution in [0.25, 0.3) is 0 Å². The highest BCUT2D eigenvalue weighted by Gasteiger charge is 2.06. The molecular formula is C11H7NO2. The Morgan fingerprint density at radius 1 is 1.50 bits per heavy atom. The number of carboxylic acids is 1. The predicted molar refractivity (Wildman–Crippen MR) is 50.6 cm³/mol. The van der Waals surface area contributed by atoms with Gasteiger partial charge >= 0.3 is 5.97 Å². The minimum atomic E-state index is -0.983. The summed E-state index contributed by atoms with van der Waals surface area (Å²) in [6.07, 6.45) is 0. The molecule has 0 aliphatic carbocycles. The Labute approximate surface area is 81.6 Å². The lowest BCUT2D eigenvalue weighted by molar-refractivity contribution is 0.0696. The number of hydrogen-bond acceptors (Lipinski definition) is 2. The molecule has 0 atom stereocenters. The number of aromatic carboxylic acids is 1. The zero-order valence-electron chi connectivity index (χ0n) is 7.53. The molecule has 68 valence electrons. The third-order valence-electron chi connectivity index (χ3n) is 1.73. The van der Waals surface area contributed by atoms with Crippen molar-refractivity contribution < 1.29 is 9.90 Å². The van der Waals surface area contributed by atoms with E-state index < -0.39 is 5.97 Å². The molecule has 0 unspecified atom stereocenters. The first kappa shape index (κ1) is 9.83. The standard InChI is InChI=1S/C11H7NO2/c1-8-4-5-9(3-2-6-12)7-10(8)11(13)14/h4-5,7H,1H3,(H,13,14). The average molecular weight is 185 g/mol. The van der Waals surface area contributed by atoms with E-state index in [1.54, 1.807) is 25.1 Å². The van der Waals surface area contributed by atoms with Crippen LogP contribution in [-0.4, -0.2) is 11.1 Å². The largest absolute Gasteiger partial charge is 0.478 e. The van der Waals surface area contributed by atoms with Crippen molar-refractivity contribution in [3.05, 3.63) is 34.9 Å². The smallest absolute Gasteiger partial charge is 0.335 e. The van der Waals surface area contributed by atoms with Crippen LogP contribution < -0.4 is 0 Å². The molecule has 0 saturated heterocycles. The van der Waals surface area contributed by atoms with Crippen molar-refractivity contribution in [1.29, 1.82) is 5.26 Å². The van der Waals surface area contributed by atoms with E-state index in [2.05, 4.69) is 11.8 Å². The number of nitriles is 1. The quantitative estimate of drug-likeness (QED) is 0.675. The molecule has 1 rings (SSSR count). The van der Waals surface area contributed by atoms with Crippen molar-refractivity contribution in [2.24, 2.45) is 0 Å². The van der Waals surface area contributed by atoms with Gasteiger partial charge in [-0.1, -0.05) is 12.0 Å². The van der Waals surface area contributed by atoms with E-state index in [-0.39, 0.29) is 5.56 Å². The van der Waals surface area contributed by atoms with Gasteiger partial charge in [0.1, 0.15) is 0 Å². The Morgan fingerprint density at radius 3 is 2.79 bits per heavy atom. The van der Waals surface area contributed by atoms with E-state index >= 15 is 0 Å². The summed E-state index contributed by atoms with van der Waals surface area (Å²) in [5, 5.41) is 17.0. The minimum Gasteiger partial charge on any atom is -0.478 e. The molecule has 1 aromatic rings. The zero-order chi connectivity index (χ0) is 10.6. The molecule has 0 aromatic heterocycles. The minimum absolute atomic E-state index is 0.217. The fourth-order valence-electron chi connectivity index (χ4n) is 1.03. The van der Waals surface area contributed by atoms with Gasteiger partial charge in [-0.3, -0.25) is 0 Å². The maximum atomic E-state index is 10.7. The lowest BCUT2D eigenvalue weighted by Crippen LogP contribution is -1.99. The monoisotopic (exact) mass is 185 g/mol. The Kier molecular flexibility index (Phi) is 2.89. The molecule has 0 saturated carbocycles. The summed E-state index contributed by atoms with van der Waals surface area (Å²) in [4.78, 5) is 10.7. The van der Waals surface area contributed by atoms with Crippen molar-refractivity contribution in [1.82, 2.24) is 0 Å². The molecule has 0 amide bonds. The molecule has 0 aliphatic rings. The second-order valence-corrected chi connectivity index (χ2v) is 2.70. The van der Waals surface area contributed by atoms with Gasteiger partial charge in [-0.2, -0.15) is 5.26 Å². The number of carboxylic acid groups (broad SMARTS) is 1. The third kappa shape index (κ3) is 2.12. The number of carbonyl (C=O) groups is 1. The van der Waals surface area contributed by atoms with Gasteiger partial charge in [0.25, 0.3) is 0 Å². The number of benzene rings is 1. The lowest BCUT2D eigenvalue weighted by atomic mass is 10.1. The van der Waals surface area contributed by atoms with Crippen LogP contribution in [-0.2, 0) is 0 Å². The van der Waals surface area contributed by atoms with Crippen molar-refractivity contribution in [2.75, 3.05) is 0 Å². The fraction of sp³-hybridized carbons (Fsp3) is 0.0909. The maximum absolute atomic E-state index is 10.7. The van der Waals surface area contributed by atoms with Crippen molar-refractivity contribution in [2.45, 2.75) is 6.92 Å². The first-order valence-corrected chi connectivity index (χ1v) is 3.89. The number of aryl methyl sites for hydroxylation is 1. The topological polar surface area (TPSA) is 61.1 Å². The van der Waals surface area contributed by atoms with E-state index in [1.165, 1.54) is 6.07 Å². The van der Waals surface area contributed by atoms with E-state index in [1.807, 2.05) is 0 Å². The van der Waals surface area contributed by atoms with Crippen LogP contribution in [0.4, 0.5) is 0 Å². The van der Waals surface area contributed by atoms with Crippen LogP contribution in [0.15, 0.2) is 18.2 Å². The zero-order valence-corrected chi connectivity index (χ0v) is 7.53. The summed E-state index contributed by atoms with van der Waals surface area (Å²) < 4.78 is 0. The number of nitrogens with zero attached hydrogens (tertiary/aromatic N) is 1. The molecule has 0 radical (unpaired) electrons. The van der Waals surface area contributed by atoms with Gasteiger partial charge < -0.3 is 5.11 Å². The number of rotatable bonds is 1. The summed E-state index contributed by atoms with van der Waals surface area (Å²) >= 11 is 0.